The Bertz CT molecular complexity index is 582. The van der Waals surface area contributed by atoms with Crippen LogP contribution in [0.25, 0.3) is 0 Å². The second-order valence-electron chi connectivity index (χ2n) is 7.23. The number of hydrogen-bond acceptors (Lipinski definition) is 7. The molecule has 4 bridgehead atoms. The van der Waals surface area contributed by atoms with Crippen LogP contribution in [0.2, 0.25) is 0 Å². The molecule has 0 saturated heterocycles. The molecule has 0 heterocycles. The van der Waals surface area contributed by atoms with Crippen molar-refractivity contribution in [3.05, 3.63) is 30.3 Å². The highest BCUT2D eigenvalue weighted by molar-refractivity contribution is 5.75. The van der Waals surface area contributed by atoms with Gasteiger partial charge in [0.15, 0.2) is 20.2 Å². The Morgan fingerprint density at radius 1 is 0.957 bits per heavy atom. The van der Waals surface area contributed by atoms with E-state index in [-0.39, 0.29) is 43.9 Å². The van der Waals surface area contributed by atoms with Crippen molar-refractivity contribution in [1.82, 2.24) is 0 Å². The number of carboxylic acid groups (broad SMARTS) is 1. The summed E-state index contributed by atoms with van der Waals surface area (Å²) in [5, 5.41) is 44.0. The molecule has 0 amide bonds. The molecule has 2 atom stereocenters. The minimum absolute atomic E-state index is 0.0402. The molecule has 4 saturated carbocycles. The van der Waals surface area contributed by atoms with Gasteiger partial charge in [0.05, 0.1) is 5.41 Å². The molecule has 126 valence electrons. The van der Waals surface area contributed by atoms with Crippen LogP contribution in [0.15, 0.2) is 0 Å². The lowest BCUT2D eigenvalue weighted by Crippen LogP contribution is -2.71. The van der Waals surface area contributed by atoms with Gasteiger partial charge in [-0.25, -0.2) is 0 Å². The summed E-state index contributed by atoms with van der Waals surface area (Å²) in [5.41, 5.74) is -3.18. The summed E-state index contributed by atoms with van der Waals surface area (Å²) in [6.07, 6.45) is 0.724. The standard InChI is InChI=1S/C12H15N3O8/c16-9(17)10-2-7-1-8(3-10)5-11(4-7,6-10)12(13(18)19,14(20)21)15(22)23/h7-8H,1-6H2,(H,16,17)/t7-,8-,10?,11?/m1/s1. The zero-order valence-electron chi connectivity index (χ0n) is 12.0. The number of carboxylic acids is 1. The minimum atomic E-state index is -3.58. The van der Waals surface area contributed by atoms with Crippen molar-refractivity contribution in [2.24, 2.45) is 22.7 Å². The van der Waals surface area contributed by atoms with Crippen molar-refractivity contribution >= 4 is 5.97 Å². The zero-order valence-corrected chi connectivity index (χ0v) is 12.0. The monoisotopic (exact) mass is 329 g/mol. The number of nitrogens with zero attached hydrogens (tertiary/aromatic N) is 3. The molecule has 0 unspecified atom stereocenters. The zero-order chi connectivity index (χ0) is 17.2. The van der Waals surface area contributed by atoms with Gasteiger partial charge >= 0.3 is 11.8 Å². The molecule has 4 fully saturated rings. The second-order valence-corrected chi connectivity index (χ2v) is 7.23. The van der Waals surface area contributed by atoms with E-state index in [0.717, 1.165) is 0 Å². The van der Waals surface area contributed by atoms with E-state index >= 15 is 0 Å². The third-order valence-corrected chi connectivity index (χ3v) is 5.99. The molecule has 23 heavy (non-hydrogen) atoms. The Hall–Kier alpha value is -2.33. The van der Waals surface area contributed by atoms with Crippen LogP contribution in [0.1, 0.15) is 38.5 Å². The quantitative estimate of drug-likeness (QED) is 0.445. The SMILES string of the molecule is O=C(O)C12C[C@H]3C[C@H](C1)CC(C([N+](=O)[O-])([N+](=O)[O-])[N+](=O)[O-])(C3)C2. The Balaban J connectivity index is 2.20. The van der Waals surface area contributed by atoms with Gasteiger partial charge in [0.1, 0.15) is 0 Å². The van der Waals surface area contributed by atoms with Gasteiger partial charge in [-0.3, -0.25) is 35.1 Å². The lowest BCUT2D eigenvalue weighted by molar-refractivity contribution is -0.989. The van der Waals surface area contributed by atoms with Gasteiger partial charge in [0.2, 0.25) is 0 Å². The highest BCUT2D eigenvalue weighted by Crippen LogP contribution is 2.68. The van der Waals surface area contributed by atoms with E-state index < -0.39 is 37.4 Å². The molecule has 0 aromatic carbocycles. The number of aliphatic carboxylic acids is 1. The van der Waals surface area contributed by atoms with Crippen molar-refractivity contribution < 1.29 is 24.7 Å². The molecule has 11 heteroatoms. The van der Waals surface area contributed by atoms with Crippen LogP contribution in [-0.4, -0.2) is 31.6 Å². The maximum absolute atomic E-state index is 11.7. The minimum Gasteiger partial charge on any atom is -0.481 e. The Morgan fingerprint density at radius 2 is 1.39 bits per heavy atom. The smallest absolute Gasteiger partial charge is 0.481 e. The van der Waals surface area contributed by atoms with Crippen LogP contribution in [0, 0.1) is 53.0 Å². The van der Waals surface area contributed by atoms with E-state index in [1.165, 1.54) is 0 Å². The highest BCUT2D eigenvalue weighted by atomic mass is 16.7. The number of hydrogen-bond donors (Lipinski definition) is 1. The van der Waals surface area contributed by atoms with E-state index in [2.05, 4.69) is 0 Å². The first-order valence-electron chi connectivity index (χ1n) is 7.26. The molecule has 4 aliphatic carbocycles. The van der Waals surface area contributed by atoms with Gasteiger partial charge in [-0.15, -0.1) is 0 Å². The van der Waals surface area contributed by atoms with Crippen LogP contribution in [0.4, 0.5) is 0 Å². The summed E-state index contributed by atoms with van der Waals surface area (Å²) < 4.78 is 0. The van der Waals surface area contributed by atoms with Crippen LogP contribution in [0.3, 0.4) is 0 Å². The van der Waals surface area contributed by atoms with Gasteiger partial charge in [-0.05, 0) is 50.4 Å². The van der Waals surface area contributed by atoms with Gasteiger partial charge < -0.3 is 5.11 Å². The third kappa shape index (κ3) is 1.67. The molecule has 0 aromatic heterocycles. The molecule has 0 aliphatic heterocycles. The van der Waals surface area contributed by atoms with Crippen molar-refractivity contribution in [2.75, 3.05) is 0 Å². The lowest BCUT2D eigenvalue weighted by atomic mass is 9.42. The molecule has 11 nitrogen and oxygen atoms in total. The van der Waals surface area contributed by atoms with Gasteiger partial charge in [0, 0.05) is 0 Å². The molecule has 1 N–H and O–H groups in total. The summed E-state index contributed by atoms with van der Waals surface area (Å²) >= 11 is 0. The fourth-order valence-corrected chi connectivity index (χ4v) is 5.69. The van der Waals surface area contributed by atoms with Crippen molar-refractivity contribution in [3.8, 4) is 0 Å². The van der Waals surface area contributed by atoms with Gasteiger partial charge in [-0.2, -0.15) is 0 Å². The molecule has 0 aromatic rings. The number of rotatable bonds is 5. The van der Waals surface area contributed by atoms with Crippen molar-refractivity contribution in [2.45, 2.75) is 44.3 Å². The van der Waals surface area contributed by atoms with Crippen LogP contribution < -0.4 is 0 Å². The number of carbonyl (C=O) groups is 1. The Labute approximate surface area is 129 Å². The fourth-order valence-electron chi connectivity index (χ4n) is 5.69. The maximum Gasteiger partial charge on any atom is 0.705 e. The highest BCUT2D eigenvalue weighted by Gasteiger charge is 2.88. The first-order valence-corrected chi connectivity index (χ1v) is 7.26. The first kappa shape index (κ1) is 15.6. The van der Waals surface area contributed by atoms with Crippen LogP contribution in [-0.2, 0) is 4.79 Å². The normalized spacial score (nSPS) is 38.3. The van der Waals surface area contributed by atoms with Crippen LogP contribution in [0.5, 0.6) is 0 Å². The topological polar surface area (TPSA) is 167 Å². The number of nitro groups is 3. The summed E-state index contributed by atoms with van der Waals surface area (Å²) in [6.45, 7) is 0. The Morgan fingerprint density at radius 3 is 1.74 bits per heavy atom. The molecule has 0 radical (unpaired) electrons. The second kappa shape index (κ2) is 4.36. The lowest BCUT2D eigenvalue weighted by Gasteiger charge is -2.57. The molecular weight excluding hydrogens is 314 g/mol. The van der Waals surface area contributed by atoms with E-state index in [1.54, 1.807) is 0 Å². The molecule has 0 spiro atoms. The summed E-state index contributed by atoms with van der Waals surface area (Å²) in [7, 11) is 0. The van der Waals surface area contributed by atoms with Crippen LogP contribution >= 0.6 is 0 Å². The first-order chi connectivity index (χ1) is 10.6. The molecular formula is C12H15N3O8. The van der Waals surface area contributed by atoms with Crippen molar-refractivity contribution in [1.29, 1.82) is 0 Å². The summed E-state index contributed by atoms with van der Waals surface area (Å²) in [6, 6.07) is 0. The predicted molar refractivity (Wildman–Crippen MR) is 70.9 cm³/mol. The maximum atomic E-state index is 11.7. The fraction of sp³-hybridized carbons (Fsp3) is 0.917. The predicted octanol–water partition coefficient (Wildman–Crippen LogP) is 1.14. The van der Waals surface area contributed by atoms with E-state index in [9.17, 15) is 40.2 Å². The summed E-state index contributed by atoms with van der Waals surface area (Å²) in [4.78, 5) is 41.8. The van der Waals surface area contributed by atoms with E-state index in [4.69, 9.17) is 0 Å². The summed E-state index contributed by atoms with van der Waals surface area (Å²) in [5.74, 6) is -5.26. The Kier molecular flexibility index (Phi) is 2.95. The van der Waals surface area contributed by atoms with Crippen molar-refractivity contribution in [3.63, 3.8) is 0 Å². The molecule has 4 aliphatic rings. The van der Waals surface area contributed by atoms with E-state index in [0.29, 0.717) is 6.42 Å². The average molecular weight is 329 g/mol. The van der Waals surface area contributed by atoms with Gasteiger partial charge in [0.25, 0.3) is 0 Å². The molecule has 4 rings (SSSR count). The third-order valence-electron chi connectivity index (χ3n) is 5.99. The largest absolute Gasteiger partial charge is 0.705 e. The average Bonchev–Trinajstić information content (AvgIpc) is 2.35. The van der Waals surface area contributed by atoms with E-state index in [1.807, 2.05) is 0 Å². The van der Waals surface area contributed by atoms with Gasteiger partial charge in [-0.1, -0.05) is 0 Å².